The molecule has 1 saturated heterocycles. The fraction of sp³-hybridized carbons (Fsp3) is 0.615. The number of hydrogen-bond acceptors (Lipinski definition) is 4. The predicted molar refractivity (Wildman–Crippen MR) is 67.5 cm³/mol. The van der Waals surface area contributed by atoms with Gasteiger partial charge in [-0.1, -0.05) is 0 Å². The molecule has 0 bridgehead atoms. The first-order valence-electron chi connectivity index (χ1n) is 6.31. The van der Waals surface area contributed by atoms with Crippen LogP contribution >= 0.6 is 0 Å². The normalized spacial score (nSPS) is 18.4. The maximum atomic E-state index is 5.67. The van der Waals surface area contributed by atoms with Gasteiger partial charge in [0, 0.05) is 38.6 Å². The average Bonchev–Trinajstić information content (AvgIpc) is 2.39. The highest BCUT2D eigenvalue weighted by Crippen LogP contribution is 2.15. The van der Waals surface area contributed by atoms with Crippen molar-refractivity contribution in [1.82, 2.24) is 9.88 Å². The van der Waals surface area contributed by atoms with Crippen molar-refractivity contribution in [1.29, 1.82) is 0 Å². The molecular weight excluding hydrogens is 214 g/mol. The minimum absolute atomic E-state index is 0.409. The van der Waals surface area contributed by atoms with Gasteiger partial charge in [-0.2, -0.15) is 0 Å². The zero-order valence-corrected chi connectivity index (χ0v) is 10.2. The Bertz CT molecular complexity index is 310. The Morgan fingerprint density at radius 3 is 2.65 bits per heavy atom. The molecule has 0 unspecified atom stereocenters. The molecule has 2 N–H and O–H groups in total. The zero-order valence-electron chi connectivity index (χ0n) is 10.2. The lowest BCUT2D eigenvalue weighted by molar-refractivity contribution is 0.00978. The zero-order chi connectivity index (χ0) is 11.9. The second-order valence-electron chi connectivity index (χ2n) is 4.49. The third kappa shape index (κ3) is 4.07. The Morgan fingerprint density at radius 1 is 1.29 bits per heavy atom. The van der Waals surface area contributed by atoms with E-state index in [0.717, 1.165) is 32.5 Å². The number of likely N-dealkylation sites (tertiary alicyclic amines) is 1. The number of rotatable bonds is 5. The standard InChI is InChI=1S/C13H21N3O/c14-5-10-17-13-3-8-16(9-4-13)11-12-1-6-15-7-2-12/h1-2,6-7,13H,3-5,8-11,14H2. The van der Waals surface area contributed by atoms with E-state index in [0.29, 0.717) is 19.3 Å². The van der Waals surface area contributed by atoms with Gasteiger partial charge in [0.05, 0.1) is 12.7 Å². The first kappa shape index (κ1) is 12.5. The van der Waals surface area contributed by atoms with Crippen LogP contribution in [0.4, 0.5) is 0 Å². The van der Waals surface area contributed by atoms with Gasteiger partial charge in [0.25, 0.3) is 0 Å². The Morgan fingerprint density at radius 2 is 2.00 bits per heavy atom. The number of ether oxygens (including phenoxy) is 1. The molecule has 0 atom stereocenters. The lowest BCUT2D eigenvalue weighted by Crippen LogP contribution is -2.37. The number of nitrogens with zero attached hydrogens (tertiary/aromatic N) is 2. The van der Waals surface area contributed by atoms with Crippen LogP contribution in [-0.4, -0.2) is 42.2 Å². The van der Waals surface area contributed by atoms with Crippen LogP contribution in [0, 0.1) is 0 Å². The van der Waals surface area contributed by atoms with Crippen molar-refractivity contribution in [3.05, 3.63) is 30.1 Å². The number of aromatic nitrogens is 1. The topological polar surface area (TPSA) is 51.4 Å². The molecule has 94 valence electrons. The molecule has 0 aromatic carbocycles. The minimum atomic E-state index is 0.409. The van der Waals surface area contributed by atoms with Gasteiger partial charge in [-0.05, 0) is 30.5 Å². The lowest BCUT2D eigenvalue weighted by Gasteiger charge is -2.31. The Hall–Kier alpha value is -0.970. The van der Waals surface area contributed by atoms with E-state index in [4.69, 9.17) is 10.5 Å². The highest BCUT2D eigenvalue weighted by molar-refractivity contribution is 5.09. The SMILES string of the molecule is NCCOC1CCN(Cc2ccncc2)CC1. The van der Waals surface area contributed by atoms with E-state index in [2.05, 4.69) is 22.0 Å². The van der Waals surface area contributed by atoms with Crippen LogP contribution < -0.4 is 5.73 Å². The smallest absolute Gasteiger partial charge is 0.0600 e. The molecule has 0 radical (unpaired) electrons. The maximum Gasteiger partial charge on any atom is 0.0600 e. The van der Waals surface area contributed by atoms with Gasteiger partial charge in [0.2, 0.25) is 0 Å². The summed E-state index contributed by atoms with van der Waals surface area (Å²) in [6.45, 7) is 4.55. The van der Waals surface area contributed by atoms with E-state index in [9.17, 15) is 0 Å². The Balaban J connectivity index is 1.72. The van der Waals surface area contributed by atoms with Crippen molar-refractivity contribution in [2.45, 2.75) is 25.5 Å². The van der Waals surface area contributed by atoms with Gasteiger partial charge in [-0.15, -0.1) is 0 Å². The molecule has 0 amide bonds. The van der Waals surface area contributed by atoms with Crippen molar-refractivity contribution in [3.8, 4) is 0 Å². The van der Waals surface area contributed by atoms with Crippen LogP contribution in [0.15, 0.2) is 24.5 Å². The van der Waals surface area contributed by atoms with Gasteiger partial charge in [-0.3, -0.25) is 9.88 Å². The van der Waals surface area contributed by atoms with Crippen molar-refractivity contribution in [2.24, 2.45) is 5.73 Å². The van der Waals surface area contributed by atoms with Crippen LogP contribution in [-0.2, 0) is 11.3 Å². The van der Waals surface area contributed by atoms with Crippen LogP contribution in [0.5, 0.6) is 0 Å². The molecule has 17 heavy (non-hydrogen) atoms. The second kappa shape index (κ2) is 6.69. The van der Waals surface area contributed by atoms with Crippen molar-refractivity contribution in [3.63, 3.8) is 0 Å². The molecule has 0 saturated carbocycles. The van der Waals surface area contributed by atoms with Crippen LogP contribution in [0.1, 0.15) is 18.4 Å². The summed E-state index contributed by atoms with van der Waals surface area (Å²) >= 11 is 0. The lowest BCUT2D eigenvalue weighted by atomic mass is 10.1. The van der Waals surface area contributed by atoms with Crippen molar-refractivity contribution >= 4 is 0 Å². The summed E-state index contributed by atoms with van der Waals surface area (Å²) in [4.78, 5) is 6.50. The van der Waals surface area contributed by atoms with E-state index < -0.39 is 0 Å². The molecule has 1 aromatic heterocycles. The Labute approximate surface area is 103 Å². The largest absolute Gasteiger partial charge is 0.377 e. The average molecular weight is 235 g/mol. The van der Waals surface area contributed by atoms with Crippen LogP contribution in [0.25, 0.3) is 0 Å². The fourth-order valence-corrected chi connectivity index (χ4v) is 2.22. The van der Waals surface area contributed by atoms with E-state index in [1.165, 1.54) is 5.56 Å². The van der Waals surface area contributed by atoms with Crippen molar-refractivity contribution in [2.75, 3.05) is 26.2 Å². The molecule has 4 heteroatoms. The van der Waals surface area contributed by atoms with Crippen LogP contribution in [0.3, 0.4) is 0 Å². The van der Waals surface area contributed by atoms with E-state index in [-0.39, 0.29) is 0 Å². The summed E-state index contributed by atoms with van der Waals surface area (Å²) < 4.78 is 5.67. The van der Waals surface area contributed by atoms with Gasteiger partial charge < -0.3 is 10.5 Å². The van der Waals surface area contributed by atoms with E-state index in [1.807, 2.05) is 12.4 Å². The summed E-state index contributed by atoms with van der Waals surface area (Å²) in [6.07, 6.45) is 6.35. The quantitative estimate of drug-likeness (QED) is 0.828. The maximum absolute atomic E-state index is 5.67. The summed E-state index contributed by atoms with van der Waals surface area (Å²) in [7, 11) is 0. The molecule has 1 fully saturated rings. The van der Waals surface area contributed by atoms with Gasteiger partial charge in [0.1, 0.15) is 0 Å². The molecule has 0 spiro atoms. The summed E-state index contributed by atoms with van der Waals surface area (Å²) in [5, 5.41) is 0. The number of nitrogens with two attached hydrogens (primary N) is 1. The second-order valence-corrected chi connectivity index (χ2v) is 4.49. The monoisotopic (exact) mass is 235 g/mol. The van der Waals surface area contributed by atoms with Gasteiger partial charge in [-0.25, -0.2) is 0 Å². The molecule has 1 aliphatic heterocycles. The summed E-state index contributed by atoms with van der Waals surface area (Å²) in [5.74, 6) is 0. The number of piperidine rings is 1. The summed E-state index contributed by atoms with van der Waals surface area (Å²) in [6, 6.07) is 4.16. The Kier molecular flexibility index (Phi) is 4.91. The fourth-order valence-electron chi connectivity index (χ4n) is 2.22. The number of pyridine rings is 1. The molecule has 4 nitrogen and oxygen atoms in total. The highest BCUT2D eigenvalue weighted by Gasteiger charge is 2.19. The molecule has 1 aliphatic rings. The molecule has 0 aliphatic carbocycles. The minimum Gasteiger partial charge on any atom is -0.377 e. The third-order valence-electron chi connectivity index (χ3n) is 3.16. The summed E-state index contributed by atoms with van der Waals surface area (Å²) in [5.41, 5.74) is 6.77. The van der Waals surface area contributed by atoms with Crippen LogP contribution in [0.2, 0.25) is 0 Å². The van der Waals surface area contributed by atoms with Gasteiger partial charge >= 0.3 is 0 Å². The van der Waals surface area contributed by atoms with Gasteiger partial charge in [0.15, 0.2) is 0 Å². The highest BCUT2D eigenvalue weighted by atomic mass is 16.5. The number of hydrogen-bond donors (Lipinski definition) is 1. The predicted octanol–water partition coefficient (Wildman–Crippen LogP) is 1.02. The molecule has 1 aromatic rings. The molecule has 2 rings (SSSR count). The van der Waals surface area contributed by atoms with Crippen molar-refractivity contribution < 1.29 is 4.74 Å². The van der Waals surface area contributed by atoms with E-state index >= 15 is 0 Å². The molecule has 2 heterocycles. The third-order valence-corrected chi connectivity index (χ3v) is 3.16. The van der Waals surface area contributed by atoms with E-state index in [1.54, 1.807) is 0 Å². The first-order valence-corrected chi connectivity index (χ1v) is 6.31. The molecular formula is C13H21N3O. The first-order chi connectivity index (χ1) is 8.38.